The Morgan fingerprint density at radius 3 is 1.19 bits per heavy atom. The van der Waals surface area contributed by atoms with Crippen molar-refractivity contribution in [2.45, 2.75) is 0 Å². The van der Waals surface area contributed by atoms with Crippen molar-refractivity contribution in [3.8, 4) is 5.75 Å². The Hall–Kier alpha value is -2.71. The fourth-order valence-electron chi connectivity index (χ4n) is 3.08. The summed E-state index contributed by atoms with van der Waals surface area (Å²) in [7, 11) is 1.01. The molecule has 0 unspecified atom stereocenters. The van der Waals surface area contributed by atoms with Crippen molar-refractivity contribution in [1.29, 1.82) is 0 Å². The van der Waals surface area contributed by atoms with Gasteiger partial charge in [-0.2, -0.15) is 0 Å². The summed E-state index contributed by atoms with van der Waals surface area (Å²) in [5, 5.41) is 0. The molecular formula is C19H7AlF10O. The summed E-state index contributed by atoms with van der Waals surface area (Å²) >= 11 is -4.79. The highest BCUT2D eigenvalue weighted by Crippen LogP contribution is 2.19. The van der Waals surface area contributed by atoms with E-state index in [0.29, 0.717) is 12.1 Å². The van der Waals surface area contributed by atoms with Crippen LogP contribution in [0.5, 0.6) is 5.75 Å². The van der Waals surface area contributed by atoms with Crippen LogP contribution in [0.25, 0.3) is 0 Å². The Bertz CT molecular complexity index is 1110. The third-order valence-corrected chi connectivity index (χ3v) is 7.80. The summed E-state index contributed by atoms with van der Waals surface area (Å²) in [5.41, 5.74) is 0. The largest absolute Gasteiger partial charge is 0.497 e. The lowest BCUT2D eigenvalue weighted by molar-refractivity contribution is 0.407. The van der Waals surface area contributed by atoms with Gasteiger partial charge in [-0.3, -0.25) is 0 Å². The van der Waals surface area contributed by atoms with Crippen molar-refractivity contribution in [2.75, 3.05) is 7.11 Å². The molecule has 0 saturated carbocycles. The van der Waals surface area contributed by atoms with Crippen molar-refractivity contribution >= 4 is 27.4 Å². The Balaban J connectivity index is 2.51. The molecule has 3 aromatic rings. The molecule has 31 heavy (non-hydrogen) atoms. The van der Waals surface area contributed by atoms with Crippen LogP contribution < -0.4 is 18.0 Å². The average molecular weight is 468 g/mol. The van der Waals surface area contributed by atoms with Gasteiger partial charge < -0.3 is 4.74 Å². The Kier molecular flexibility index (Phi) is 6.25. The Morgan fingerprint density at radius 1 is 0.484 bits per heavy atom. The molecule has 3 aromatic carbocycles. The molecular weight excluding hydrogens is 461 g/mol. The molecule has 0 spiro atoms. The number of ether oxygens (including phenoxy) is 1. The van der Waals surface area contributed by atoms with Crippen molar-refractivity contribution in [2.24, 2.45) is 0 Å². The van der Waals surface area contributed by atoms with Gasteiger partial charge in [-0.1, -0.05) is 0 Å². The zero-order valence-corrected chi connectivity index (χ0v) is 16.2. The monoisotopic (exact) mass is 468 g/mol. The molecule has 0 saturated heterocycles. The van der Waals surface area contributed by atoms with Gasteiger partial charge in [0.25, 0.3) is 0 Å². The molecule has 162 valence electrons. The van der Waals surface area contributed by atoms with Crippen LogP contribution in [0.15, 0.2) is 24.3 Å². The van der Waals surface area contributed by atoms with Crippen LogP contribution in [-0.4, -0.2) is 21.3 Å². The molecule has 0 N–H and O–H groups in total. The molecule has 3 rings (SSSR count). The third kappa shape index (κ3) is 3.86. The lowest BCUT2D eigenvalue weighted by Gasteiger charge is -2.19. The minimum absolute atomic E-state index is 0.206. The summed E-state index contributed by atoms with van der Waals surface area (Å²) < 4.78 is 142. The number of methoxy groups -OCH3 is 1. The normalized spacial score (nSPS) is 11.1. The van der Waals surface area contributed by atoms with Gasteiger partial charge >= 0.3 is 14.1 Å². The van der Waals surface area contributed by atoms with Crippen LogP contribution in [0.1, 0.15) is 0 Å². The first-order valence-electron chi connectivity index (χ1n) is 8.18. The zero-order chi connectivity index (χ0) is 23.2. The molecule has 0 atom stereocenters. The lowest BCUT2D eigenvalue weighted by Crippen LogP contribution is -2.59. The molecule has 0 aliphatic heterocycles. The second-order valence-electron chi connectivity index (χ2n) is 6.20. The first kappa shape index (κ1) is 23.0. The second kappa shape index (κ2) is 8.44. The molecule has 0 radical (unpaired) electrons. The highest BCUT2D eigenvalue weighted by molar-refractivity contribution is 6.95. The van der Waals surface area contributed by atoms with Gasteiger partial charge in [-0.15, -0.1) is 0 Å². The highest BCUT2D eigenvalue weighted by Gasteiger charge is 2.42. The van der Waals surface area contributed by atoms with Crippen molar-refractivity contribution in [3.05, 3.63) is 82.4 Å². The summed E-state index contributed by atoms with van der Waals surface area (Å²) in [6.07, 6.45) is 0. The molecule has 0 bridgehead atoms. The number of hydrogen-bond donors (Lipinski definition) is 0. The predicted octanol–water partition coefficient (Wildman–Crippen LogP) is 3.60. The molecule has 12 heteroatoms. The van der Waals surface area contributed by atoms with E-state index >= 15 is 0 Å². The minimum atomic E-state index is -4.79. The lowest BCUT2D eigenvalue weighted by atomic mass is 10.3. The SMILES string of the molecule is COc1cc(F)[c]([Al]([c]2c(F)cc(F)c(F)c2F)[c]2c(F)cc(F)c(F)c2F)c(F)c1. The average Bonchev–Trinajstić information content (AvgIpc) is 2.69. The fraction of sp³-hybridized carbons (Fsp3) is 0.0526. The van der Waals surface area contributed by atoms with E-state index in [-0.39, 0.29) is 12.1 Å². The summed E-state index contributed by atoms with van der Waals surface area (Å²) in [6, 6.07) is 0.569. The van der Waals surface area contributed by atoms with E-state index in [1.165, 1.54) is 0 Å². The third-order valence-electron chi connectivity index (χ3n) is 4.45. The first-order valence-corrected chi connectivity index (χ1v) is 9.91. The summed E-state index contributed by atoms with van der Waals surface area (Å²) in [5.74, 6) is -20.9. The van der Waals surface area contributed by atoms with Crippen LogP contribution in [-0.2, 0) is 0 Å². The molecule has 0 aliphatic carbocycles. The Morgan fingerprint density at radius 2 is 0.839 bits per heavy atom. The van der Waals surface area contributed by atoms with Gasteiger partial charge in [0.15, 0.2) is 34.9 Å². The summed E-state index contributed by atoms with van der Waals surface area (Å²) in [6.45, 7) is 0. The second-order valence-corrected chi connectivity index (χ2v) is 8.80. The zero-order valence-electron chi connectivity index (χ0n) is 15.1. The quantitative estimate of drug-likeness (QED) is 0.246. The van der Waals surface area contributed by atoms with E-state index < -0.39 is 91.3 Å². The number of rotatable bonds is 4. The van der Waals surface area contributed by atoms with Gasteiger partial charge in [0.05, 0.1) is 7.11 Å². The van der Waals surface area contributed by atoms with Crippen molar-refractivity contribution < 1.29 is 48.6 Å². The van der Waals surface area contributed by atoms with Crippen LogP contribution >= 0.6 is 0 Å². The van der Waals surface area contributed by atoms with Crippen LogP contribution in [0.3, 0.4) is 0 Å². The maximum Gasteiger partial charge on any atom is 0.412 e. The van der Waals surface area contributed by atoms with E-state index in [4.69, 9.17) is 0 Å². The van der Waals surface area contributed by atoms with E-state index in [1.54, 1.807) is 0 Å². The molecule has 0 fully saturated rings. The molecule has 0 aliphatic rings. The van der Waals surface area contributed by atoms with E-state index in [1.807, 2.05) is 0 Å². The molecule has 1 nitrogen and oxygen atoms in total. The van der Waals surface area contributed by atoms with Gasteiger partial charge in [0, 0.05) is 24.3 Å². The number of hydrogen-bond acceptors (Lipinski definition) is 1. The van der Waals surface area contributed by atoms with Crippen LogP contribution in [0.2, 0.25) is 0 Å². The smallest absolute Gasteiger partial charge is 0.412 e. The van der Waals surface area contributed by atoms with Gasteiger partial charge in [-0.25, -0.2) is 43.9 Å². The summed E-state index contributed by atoms with van der Waals surface area (Å²) in [4.78, 5) is 0. The Labute approximate surface area is 171 Å². The number of benzene rings is 3. The highest BCUT2D eigenvalue weighted by atomic mass is 27.2. The van der Waals surface area contributed by atoms with Crippen LogP contribution in [0.4, 0.5) is 43.9 Å². The number of halogens is 10. The predicted molar refractivity (Wildman–Crippen MR) is 90.1 cm³/mol. The van der Waals surface area contributed by atoms with Gasteiger partial charge in [0.2, 0.25) is 0 Å². The fourth-order valence-corrected chi connectivity index (χ4v) is 6.14. The minimum Gasteiger partial charge on any atom is -0.497 e. The van der Waals surface area contributed by atoms with Crippen LogP contribution in [0, 0.1) is 58.2 Å². The maximum atomic E-state index is 14.7. The van der Waals surface area contributed by atoms with E-state index in [2.05, 4.69) is 4.74 Å². The standard InChI is InChI=1S/C7H5F2O.2C6HF4.Al/c1-10-7-3-5(8)2-6(9)4-7;2*7-3-1-4(8)6(10)5(9)2-3;/h3-4H,1H3;2*1H;. The molecule has 0 heterocycles. The first-order chi connectivity index (χ1) is 14.5. The topological polar surface area (TPSA) is 9.23 Å². The van der Waals surface area contributed by atoms with Gasteiger partial charge in [0.1, 0.15) is 29.0 Å². The van der Waals surface area contributed by atoms with E-state index in [9.17, 15) is 43.9 Å². The molecule has 0 aromatic heterocycles. The van der Waals surface area contributed by atoms with E-state index in [0.717, 1.165) is 7.11 Å². The van der Waals surface area contributed by atoms with Gasteiger partial charge in [-0.05, 0) is 13.3 Å². The maximum absolute atomic E-state index is 14.7. The van der Waals surface area contributed by atoms with Crippen molar-refractivity contribution in [3.63, 3.8) is 0 Å². The van der Waals surface area contributed by atoms with Crippen molar-refractivity contribution in [1.82, 2.24) is 0 Å². The molecule has 0 amide bonds.